The lowest BCUT2D eigenvalue weighted by molar-refractivity contribution is 0.0694. The SMILES string of the molecule is CSc1cccc(NC(C)c2ccco2)c1C(=O)O. The van der Waals surface area contributed by atoms with E-state index in [1.807, 2.05) is 31.4 Å². The van der Waals surface area contributed by atoms with Crippen LogP contribution in [0.15, 0.2) is 45.9 Å². The predicted octanol–water partition coefficient (Wildman–Crippen LogP) is 3.87. The molecule has 19 heavy (non-hydrogen) atoms. The molecule has 4 nitrogen and oxygen atoms in total. The van der Waals surface area contributed by atoms with Crippen LogP contribution in [-0.2, 0) is 0 Å². The average molecular weight is 277 g/mol. The van der Waals surface area contributed by atoms with Gasteiger partial charge in [0.05, 0.1) is 23.6 Å². The zero-order valence-electron chi connectivity index (χ0n) is 10.7. The van der Waals surface area contributed by atoms with Crippen LogP contribution >= 0.6 is 11.8 Å². The minimum Gasteiger partial charge on any atom is -0.478 e. The Balaban J connectivity index is 2.32. The van der Waals surface area contributed by atoms with Gasteiger partial charge in [0.1, 0.15) is 5.76 Å². The number of carbonyl (C=O) groups is 1. The first-order valence-electron chi connectivity index (χ1n) is 5.83. The second kappa shape index (κ2) is 5.84. The Morgan fingerprint density at radius 2 is 2.16 bits per heavy atom. The van der Waals surface area contributed by atoms with E-state index in [1.165, 1.54) is 11.8 Å². The number of furan rings is 1. The number of hydrogen-bond acceptors (Lipinski definition) is 4. The molecule has 0 bridgehead atoms. The average Bonchev–Trinajstić information content (AvgIpc) is 2.92. The van der Waals surface area contributed by atoms with Gasteiger partial charge in [-0.2, -0.15) is 0 Å². The van der Waals surface area contributed by atoms with Gasteiger partial charge in [-0.15, -0.1) is 11.8 Å². The van der Waals surface area contributed by atoms with Gasteiger partial charge in [0.2, 0.25) is 0 Å². The van der Waals surface area contributed by atoms with Crippen LogP contribution in [0.3, 0.4) is 0 Å². The van der Waals surface area contributed by atoms with Crippen molar-refractivity contribution in [3.8, 4) is 0 Å². The lowest BCUT2D eigenvalue weighted by Gasteiger charge is -2.16. The maximum absolute atomic E-state index is 11.4. The molecule has 2 N–H and O–H groups in total. The van der Waals surface area contributed by atoms with Gasteiger partial charge in [0.15, 0.2) is 0 Å². The van der Waals surface area contributed by atoms with Crippen LogP contribution in [0, 0.1) is 0 Å². The summed E-state index contributed by atoms with van der Waals surface area (Å²) in [6, 6.07) is 8.99. The maximum Gasteiger partial charge on any atom is 0.338 e. The highest BCUT2D eigenvalue weighted by atomic mass is 32.2. The standard InChI is InChI=1S/C14H15NO3S/c1-9(11-6-4-8-18-11)15-10-5-3-7-12(19-2)13(10)14(16)17/h3-9,15H,1-2H3,(H,16,17). The molecular formula is C14H15NO3S. The molecule has 0 radical (unpaired) electrons. The van der Waals surface area contributed by atoms with Crippen LogP contribution in [0.5, 0.6) is 0 Å². The van der Waals surface area contributed by atoms with Gasteiger partial charge in [-0.3, -0.25) is 0 Å². The van der Waals surface area contributed by atoms with E-state index < -0.39 is 5.97 Å². The topological polar surface area (TPSA) is 62.5 Å². The fourth-order valence-electron chi connectivity index (χ4n) is 1.88. The Hall–Kier alpha value is -1.88. The second-order valence-corrected chi connectivity index (χ2v) is 4.92. The van der Waals surface area contributed by atoms with Crippen LogP contribution in [0.4, 0.5) is 5.69 Å². The van der Waals surface area contributed by atoms with Crippen molar-refractivity contribution in [1.29, 1.82) is 0 Å². The van der Waals surface area contributed by atoms with E-state index in [0.717, 1.165) is 10.7 Å². The minimum absolute atomic E-state index is 0.0924. The fraction of sp³-hybridized carbons (Fsp3) is 0.214. The van der Waals surface area contributed by atoms with E-state index in [0.29, 0.717) is 11.3 Å². The molecule has 5 heteroatoms. The third-order valence-electron chi connectivity index (χ3n) is 2.80. The highest BCUT2D eigenvalue weighted by Gasteiger charge is 2.17. The zero-order chi connectivity index (χ0) is 13.8. The van der Waals surface area contributed by atoms with Crippen molar-refractivity contribution in [2.24, 2.45) is 0 Å². The lowest BCUT2D eigenvalue weighted by Crippen LogP contribution is -2.11. The number of carboxylic acids is 1. The highest BCUT2D eigenvalue weighted by Crippen LogP contribution is 2.29. The Morgan fingerprint density at radius 3 is 2.74 bits per heavy atom. The molecule has 2 rings (SSSR count). The predicted molar refractivity (Wildman–Crippen MR) is 75.9 cm³/mol. The monoisotopic (exact) mass is 277 g/mol. The minimum atomic E-state index is -0.931. The van der Waals surface area contributed by atoms with Crippen molar-refractivity contribution in [1.82, 2.24) is 0 Å². The molecule has 0 aliphatic rings. The third kappa shape index (κ3) is 2.93. The summed E-state index contributed by atoms with van der Waals surface area (Å²) in [7, 11) is 0. The molecule has 1 atom stereocenters. The molecule has 0 amide bonds. The van der Waals surface area contributed by atoms with E-state index >= 15 is 0 Å². The first-order valence-corrected chi connectivity index (χ1v) is 7.06. The molecule has 0 aliphatic carbocycles. The Labute approximate surface area is 115 Å². The fourth-order valence-corrected chi connectivity index (χ4v) is 2.50. The first-order chi connectivity index (χ1) is 9.13. The molecule has 0 aliphatic heterocycles. The van der Waals surface area contributed by atoms with Crippen molar-refractivity contribution in [2.45, 2.75) is 17.9 Å². The number of aromatic carboxylic acids is 1. The van der Waals surface area contributed by atoms with E-state index in [2.05, 4.69) is 5.32 Å². The summed E-state index contributed by atoms with van der Waals surface area (Å²) in [5, 5.41) is 12.5. The van der Waals surface area contributed by atoms with Crippen molar-refractivity contribution in [2.75, 3.05) is 11.6 Å². The molecule has 0 saturated carbocycles. The van der Waals surface area contributed by atoms with Gasteiger partial charge in [-0.25, -0.2) is 4.79 Å². The van der Waals surface area contributed by atoms with E-state index in [9.17, 15) is 9.90 Å². The van der Waals surface area contributed by atoms with Crippen molar-refractivity contribution in [3.05, 3.63) is 47.9 Å². The molecule has 1 heterocycles. The van der Waals surface area contributed by atoms with Crippen molar-refractivity contribution in [3.63, 3.8) is 0 Å². The Bertz CT molecular complexity index is 566. The van der Waals surface area contributed by atoms with Crippen LogP contribution in [0.2, 0.25) is 0 Å². The molecule has 1 aromatic carbocycles. The summed E-state index contributed by atoms with van der Waals surface area (Å²) in [6.07, 6.45) is 3.46. The number of anilines is 1. The zero-order valence-corrected chi connectivity index (χ0v) is 11.5. The smallest absolute Gasteiger partial charge is 0.338 e. The maximum atomic E-state index is 11.4. The van der Waals surface area contributed by atoms with Crippen LogP contribution in [0.25, 0.3) is 0 Å². The molecule has 2 aromatic rings. The summed E-state index contributed by atoms with van der Waals surface area (Å²) < 4.78 is 5.31. The molecule has 0 fully saturated rings. The molecule has 100 valence electrons. The van der Waals surface area contributed by atoms with E-state index in [1.54, 1.807) is 18.4 Å². The molecule has 1 aromatic heterocycles. The van der Waals surface area contributed by atoms with Crippen LogP contribution in [0.1, 0.15) is 29.1 Å². The Morgan fingerprint density at radius 1 is 1.37 bits per heavy atom. The van der Waals surface area contributed by atoms with Gasteiger partial charge in [-0.05, 0) is 37.4 Å². The Kier molecular flexibility index (Phi) is 4.16. The number of rotatable bonds is 5. The van der Waals surface area contributed by atoms with Crippen LogP contribution in [-0.4, -0.2) is 17.3 Å². The van der Waals surface area contributed by atoms with Gasteiger partial charge in [0, 0.05) is 4.90 Å². The quantitative estimate of drug-likeness (QED) is 0.812. The molecule has 0 spiro atoms. The van der Waals surface area contributed by atoms with Gasteiger partial charge in [-0.1, -0.05) is 6.07 Å². The number of carboxylic acid groups (broad SMARTS) is 1. The summed E-state index contributed by atoms with van der Waals surface area (Å²) in [5.74, 6) is -0.162. The highest BCUT2D eigenvalue weighted by molar-refractivity contribution is 7.98. The number of benzene rings is 1. The van der Waals surface area contributed by atoms with Gasteiger partial charge in [0.25, 0.3) is 0 Å². The third-order valence-corrected chi connectivity index (χ3v) is 3.58. The molecule has 0 saturated heterocycles. The number of hydrogen-bond donors (Lipinski definition) is 2. The van der Waals surface area contributed by atoms with Gasteiger partial charge >= 0.3 is 5.97 Å². The lowest BCUT2D eigenvalue weighted by atomic mass is 10.1. The van der Waals surface area contributed by atoms with Crippen molar-refractivity contribution >= 4 is 23.4 Å². The summed E-state index contributed by atoms with van der Waals surface area (Å²) in [6.45, 7) is 1.93. The first kappa shape index (κ1) is 13.5. The largest absolute Gasteiger partial charge is 0.478 e. The normalized spacial score (nSPS) is 12.1. The second-order valence-electron chi connectivity index (χ2n) is 4.07. The summed E-state index contributed by atoms with van der Waals surface area (Å²) >= 11 is 1.42. The summed E-state index contributed by atoms with van der Waals surface area (Å²) in [5.41, 5.74) is 0.900. The molecular weight excluding hydrogens is 262 g/mol. The molecule has 1 unspecified atom stereocenters. The van der Waals surface area contributed by atoms with Gasteiger partial charge < -0.3 is 14.8 Å². The number of thioether (sulfide) groups is 1. The number of nitrogens with one attached hydrogen (secondary N) is 1. The summed E-state index contributed by atoms with van der Waals surface area (Å²) in [4.78, 5) is 12.1. The van der Waals surface area contributed by atoms with Crippen molar-refractivity contribution < 1.29 is 14.3 Å². The van der Waals surface area contributed by atoms with Crippen LogP contribution < -0.4 is 5.32 Å². The van der Waals surface area contributed by atoms with E-state index in [-0.39, 0.29) is 6.04 Å². The van der Waals surface area contributed by atoms with E-state index in [4.69, 9.17) is 4.42 Å².